The van der Waals surface area contributed by atoms with Crippen LogP contribution in [0.4, 0.5) is 0 Å². The highest BCUT2D eigenvalue weighted by atomic mass is 16.2. The normalized spacial score (nSPS) is 20.6. The standard InChI is InChI=1S/C22H43N3O2/c1-5-7-9-11-13-23-21(26)19-15-20(17-25(16-19)18(3)4)22(27)24-14-12-10-8-6-2/h18-20H,5-17H2,1-4H3,(H,23,26)(H,24,27)/t19-,20+. The van der Waals surface area contributed by atoms with Gasteiger partial charge in [0.25, 0.3) is 0 Å². The van der Waals surface area contributed by atoms with E-state index in [9.17, 15) is 9.59 Å². The Morgan fingerprint density at radius 1 is 0.815 bits per heavy atom. The average molecular weight is 382 g/mol. The molecule has 1 aliphatic rings. The number of amides is 2. The van der Waals surface area contributed by atoms with Crippen LogP contribution in [0.25, 0.3) is 0 Å². The molecule has 0 aliphatic carbocycles. The highest BCUT2D eigenvalue weighted by Crippen LogP contribution is 2.24. The van der Waals surface area contributed by atoms with Crippen molar-refractivity contribution in [3.8, 4) is 0 Å². The van der Waals surface area contributed by atoms with E-state index < -0.39 is 0 Å². The van der Waals surface area contributed by atoms with Crippen LogP contribution >= 0.6 is 0 Å². The SMILES string of the molecule is CCCCCCNC(=O)[C@@H]1C[C@H](C(=O)NCCCCCC)CN(C(C)C)C1. The summed E-state index contributed by atoms with van der Waals surface area (Å²) in [6, 6.07) is 0.352. The van der Waals surface area contributed by atoms with Gasteiger partial charge in [-0.15, -0.1) is 0 Å². The first kappa shape index (κ1) is 23.9. The van der Waals surface area contributed by atoms with Crippen LogP contribution in [-0.4, -0.2) is 48.9 Å². The largest absolute Gasteiger partial charge is 0.356 e. The number of carbonyl (C=O) groups is 2. The van der Waals surface area contributed by atoms with Crippen LogP contribution in [0.3, 0.4) is 0 Å². The summed E-state index contributed by atoms with van der Waals surface area (Å²) in [6.45, 7) is 11.7. The number of hydrogen-bond donors (Lipinski definition) is 2. The molecule has 1 saturated heterocycles. The fourth-order valence-corrected chi connectivity index (χ4v) is 3.75. The molecular formula is C22H43N3O2. The van der Waals surface area contributed by atoms with Crippen LogP contribution < -0.4 is 10.6 Å². The summed E-state index contributed by atoms with van der Waals surface area (Å²) in [5.41, 5.74) is 0. The van der Waals surface area contributed by atoms with E-state index in [0.717, 1.165) is 39.0 Å². The molecule has 5 nitrogen and oxygen atoms in total. The fourth-order valence-electron chi connectivity index (χ4n) is 3.75. The summed E-state index contributed by atoms with van der Waals surface area (Å²) in [5, 5.41) is 6.20. The van der Waals surface area contributed by atoms with E-state index in [2.05, 4.69) is 43.2 Å². The van der Waals surface area contributed by atoms with Gasteiger partial charge in [0.05, 0.1) is 11.8 Å². The minimum absolute atomic E-state index is 0.0804. The first-order valence-electron chi connectivity index (χ1n) is 11.3. The number of likely N-dealkylation sites (tertiary alicyclic amines) is 1. The summed E-state index contributed by atoms with van der Waals surface area (Å²) in [5.74, 6) is 0.0847. The predicted octanol–water partition coefficient (Wildman–Crippen LogP) is 3.73. The highest BCUT2D eigenvalue weighted by Gasteiger charge is 2.35. The van der Waals surface area contributed by atoms with Crippen LogP contribution in [0.5, 0.6) is 0 Å². The Morgan fingerprint density at radius 3 is 1.63 bits per heavy atom. The number of nitrogens with zero attached hydrogens (tertiary/aromatic N) is 1. The first-order valence-corrected chi connectivity index (χ1v) is 11.3. The van der Waals surface area contributed by atoms with Crippen molar-refractivity contribution in [2.24, 2.45) is 11.8 Å². The molecule has 0 spiro atoms. The molecule has 0 aromatic rings. The second-order valence-corrected chi connectivity index (χ2v) is 8.38. The molecule has 0 saturated carbocycles. The van der Waals surface area contributed by atoms with Crippen molar-refractivity contribution in [3.05, 3.63) is 0 Å². The summed E-state index contributed by atoms with van der Waals surface area (Å²) < 4.78 is 0. The molecule has 2 amide bonds. The summed E-state index contributed by atoms with van der Waals surface area (Å²) >= 11 is 0. The number of nitrogens with one attached hydrogen (secondary N) is 2. The van der Waals surface area contributed by atoms with Crippen LogP contribution in [0.15, 0.2) is 0 Å². The van der Waals surface area contributed by atoms with E-state index in [0.29, 0.717) is 12.5 Å². The van der Waals surface area contributed by atoms with Crippen LogP contribution in [0.2, 0.25) is 0 Å². The lowest BCUT2D eigenvalue weighted by Gasteiger charge is -2.38. The third kappa shape index (κ3) is 9.59. The Labute approximate surface area is 167 Å². The lowest BCUT2D eigenvalue weighted by Crippen LogP contribution is -2.52. The van der Waals surface area contributed by atoms with Gasteiger partial charge in [-0.25, -0.2) is 0 Å². The first-order chi connectivity index (χ1) is 13.0. The van der Waals surface area contributed by atoms with Crippen molar-refractivity contribution in [3.63, 3.8) is 0 Å². The van der Waals surface area contributed by atoms with Crippen molar-refractivity contribution in [1.29, 1.82) is 0 Å². The molecule has 0 aromatic carbocycles. The van der Waals surface area contributed by atoms with Crippen LogP contribution in [0.1, 0.15) is 85.5 Å². The molecule has 0 radical (unpaired) electrons. The van der Waals surface area contributed by atoms with Gasteiger partial charge in [0.1, 0.15) is 0 Å². The minimum atomic E-state index is -0.0804. The van der Waals surface area contributed by atoms with Crippen molar-refractivity contribution < 1.29 is 9.59 Å². The fraction of sp³-hybridized carbons (Fsp3) is 0.909. The van der Waals surface area contributed by atoms with E-state index in [4.69, 9.17) is 0 Å². The zero-order valence-electron chi connectivity index (χ0n) is 18.2. The highest BCUT2D eigenvalue weighted by molar-refractivity contribution is 5.82. The third-order valence-corrected chi connectivity index (χ3v) is 5.61. The third-order valence-electron chi connectivity index (χ3n) is 5.61. The Morgan fingerprint density at radius 2 is 1.26 bits per heavy atom. The molecule has 1 rings (SSSR count). The summed E-state index contributed by atoms with van der Waals surface area (Å²) in [6.07, 6.45) is 9.95. The van der Waals surface area contributed by atoms with Gasteiger partial charge in [0.2, 0.25) is 11.8 Å². The van der Waals surface area contributed by atoms with Gasteiger partial charge in [-0.2, -0.15) is 0 Å². The smallest absolute Gasteiger partial charge is 0.224 e. The Balaban J connectivity index is 2.48. The molecule has 2 N–H and O–H groups in total. The Bertz CT molecular complexity index is 392. The van der Waals surface area contributed by atoms with E-state index in [1.165, 1.54) is 38.5 Å². The van der Waals surface area contributed by atoms with E-state index in [-0.39, 0.29) is 23.7 Å². The second-order valence-electron chi connectivity index (χ2n) is 8.38. The number of piperidine rings is 1. The maximum absolute atomic E-state index is 12.6. The van der Waals surface area contributed by atoms with Crippen molar-refractivity contribution >= 4 is 11.8 Å². The molecule has 27 heavy (non-hydrogen) atoms. The minimum Gasteiger partial charge on any atom is -0.356 e. The van der Waals surface area contributed by atoms with Crippen molar-refractivity contribution in [1.82, 2.24) is 15.5 Å². The lowest BCUT2D eigenvalue weighted by atomic mass is 9.87. The average Bonchev–Trinajstić information content (AvgIpc) is 2.66. The van der Waals surface area contributed by atoms with Crippen molar-refractivity contribution in [2.75, 3.05) is 26.2 Å². The predicted molar refractivity (Wildman–Crippen MR) is 113 cm³/mol. The Hall–Kier alpha value is -1.10. The molecule has 1 heterocycles. The number of carbonyl (C=O) groups excluding carboxylic acids is 2. The molecular weight excluding hydrogens is 338 g/mol. The maximum atomic E-state index is 12.6. The van der Waals surface area contributed by atoms with Gasteiger partial charge in [-0.05, 0) is 33.1 Å². The zero-order valence-corrected chi connectivity index (χ0v) is 18.2. The molecule has 1 fully saturated rings. The number of unbranched alkanes of at least 4 members (excludes halogenated alkanes) is 6. The van der Waals surface area contributed by atoms with Gasteiger partial charge >= 0.3 is 0 Å². The molecule has 158 valence electrons. The molecule has 5 heteroatoms. The van der Waals surface area contributed by atoms with Gasteiger partial charge in [0, 0.05) is 32.2 Å². The number of hydrogen-bond acceptors (Lipinski definition) is 3. The molecule has 0 bridgehead atoms. The summed E-state index contributed by atoms with van der Waals surface area (Å²) in [7, 11) is 0. The topological polar surface area (TPSA) is 61.4 Å². The maximum Gasteiger partial charge on any atom is 0.224 e. The van der Waals surface area contributed by atoms with Crippen LogP contribution in [-0.2, 0) is 9.59 Å². The monoisotopic (exact) mass is 381 g/mol. The molecule has 2 atom stereocenters. The van der Waals surface area contributed by atoms with E-state index in [1.54, 1.807) is 0 Å². The molecule has 0 aromatic heterocycles. The van der Waals surface area contributed by atoms with Crippen LogP contribution in [0, 0.1) is 11.8 Å². The van der Waals surface area contributed by atoms with Gasteiger partial charge in [0.15, 0.2) is 0 Å². The second kappa shape index (κ2) is 14.0. The van der Waals surface area contributed by atoms with Gasteiger partial charge in [-0.3, -0.25) is 14.5 Å². The zero-order chi connectivity index (χ0) is 20.1. The van der Waals surface area contributed by atoms with E-state index >= 15 is 0 Å². The molecule has 0 unspecified atom stereocenters. The Kier molecular flexibility index (Phi) is 12.4. The van der Waals surface area contributed by atoms with Gasteiger partial charge < -0.3 is 10.6 Å². The summed E-state index contributed by atoms with van der Waals surface area (Å²) in [4.78, 5) is 27.5. The lowest BCUT2D eigenvalue weighted by molar-refractivity contribution is -0.132. The van der Waals surface area contributed by atoms with E-state index in [1.807, 2.05) is 0 Å². The number of rotatable bonds is 13. The molecule has 1 aliphatic heterocycles. The van der Waals surface area contributed by atoms with Crippen molar-refractivity contribution in [2.45, 2.75) is 91.5 Å². The quantitative estimate of drug-likeness (QED) is 0.478. The van der Waals surface area contributed by atoms with Gasteiger partial charge in [-0.1, -0.05) is 52.4 Å².